The summed E-state index contributed by atoms with van der Waals surface area (Å²) in [6, 6.07) is 12.3. The summed E-state index contributed by atoms with van der Waals surface area (Å²) >= 11 is 0. The van der Waals surface area contributed by atoms with Crippen LogP contribution in [-0.2, 0) is 6.54 Å². The first-order valence-electron chi connectivity index (χ1n) is 9.40. The number of fused-ring (bicyclic) bond motifs is 1. The highest BCUT2D eigenvalue weighted by atomic mass is 16.1. The molecule has 0 unspecified atom stereocenters. The molecule has 0 radical (unpaired) electrons. The second kappa shape index (κ2) is 7.40. The molecule has 0 saturated carbocycles. The monoisotopic (exact) mass is 363 g/mol. The molecule has 1 aliphatic heterocycles. The van der Waals surface area contributed by atoms with Gasteiger partial charge in [-0.15, -0.1) is 0 Å². The van der Waals surface area contributed by atoms with E-state index in [2.05, 4.69) is 38.7 Å². The maximum absolute atomic E-state index is 12.9. The largest absolute Gasteiger partial charge is 0.369 e. The lowest BCUT2D eigenvalue weighted by molar-refractivity contribution is 0.0944. The highest BCUT2D eigenvalue weighted by Gasteiger charge is 2.18. The van der Waals surface area contributed by atoms with Crippen LogP contribution in [0.2, 0.25) is 0 Å². The number of aryl methyl sites for hydroxylation is 2. The van der Waals surface area contributed by atoms with E-state index in [1.54, 1.807) is 0 Å². The van der Waals surface area contributed by atoms with Gasteiger partial charge in [0.25, 0.3) is 5.91 Å². The molecule has 1 amide bonds. The van der Waals surface area contributed by atoms with Crippen LogP contribution in [0.15, 0.2) is 42.6 Å². The zero-order chi connectivity index (χ0) is 18.8. The third-order valence-electron chi connectivity index (χ3n) is 5.06. The molecule has 27 heavy (non-hydrogen) atoms. The number of amides is 1. The first kappa shape index (κ1) is 17.5. The van der Waals surface area contributed by atoms with Crippen LogP contribution < -0.4 is 15.5 Å². The molecule has 0 bridgehead atoms. The highest BCUT2D eigenvalue weighted by molar-refractivity contribution is 5.94. The quantitative estimate of drug-likeness (QED) is 0.747. The number of carbonyl (C=O) groups is 1. The fourth-order valence-corrected chi connectivity index (χ4v) is 3.67. The van der Waals surface area contributed by atoms with E-state index in [1.165, 1.54) is 5.69 Å². The van der Waals surface area contributed by atoms with Gasteiger partial charge in [-0.1, -0.05) is 18.2 Å². The van der Waals surface area contributed by atoms with E-state index in [0.717, 1.165) is 48.6 Å². The molecular weight excluding hydrogens is 338 g/mol. The number of hydrogen-bond donors (Lipinski definition) is 2. The van der Waals surface area contributed by atoms with Gasteiger partial charge in [-0.3, -0.25) is 9.20 Å². The first-order valence-corrected chi connectivity index (χ1v) is 9.40. The van der Waals surface area contributed by atoms with Crippen LogP contribution in [0.1, 0.15) is 27.3 Å². The highest BCUT2D eigenvalue weighted by Crippen LogP contribution is 2.21. The second-order valence-electron chi connectivity index (χ2n) is 7.03. The van der Waals surface area contributed by atoms with Crippen molar-refractivity contribution in [2.75, 3.05) is 31.1 Å². The van der Waals surface area contributed by atoms with Gasteiger partial charge in [-0.25, -0.2) is 4.98 Å². The van der Waals surface area contributed by atoms with Gasteiger partial charge >= 0.3 is 0 Å². The maximum Gasteiger partial charge on any atom is 0.270 e. The minimum absolute atomic E-state index is 0.0982. The van der Waals surface area contributed by atoms with Crippen molar-refractivity contribution < 1.29 is 4.79 Å². The Morgan fingerprint density at radius 2 is 1.96 bits per heavy atom. The zero-order valence-electron chi connectivity index (χ0n) is 15.8. The molecule has 3 aromatic rings. The van der Waals surface area contributed by atoms with Crippen LogP contribution >= 0.6 is 0 Å². The van der Waals surface area contributed by atoms with Crippen LogP contribution in [-0.4, -0.2) is 41.5 Å². The van der Waals surface area contributed by atoms with Gasteiger partial charge in [0.05, 0.1) is 5.69 Å². The number of rotatable bonds is 4. The number of carbonyl (C=O) groups excluding carboxylic acids is 1. The Hall–Kier alpha value is -2.86. The molecule has 0 atom stereocenters. The lowest BCUT2D eigenvalue weighted by Gasteiger charge is -2.31. The van der Waals surface area contributed by atoms with Crippen LogP contribution in [0.4, 0.5) is 5.69 Å². The van der Waals surface area contributed by atoms with Gasteiger partial charge in [0.2, 0.25) is 0 Å². The van der Waals surface area contributed by atoms with Crippen molar-refractivity contribution in [2.24, 2.45) is 0 Å². The fraction of sp³-hybridized carbons (Fsp3) is 0.333. The third-order valence-corrected chi connectivity index (χ3v) is 5.06. The number of hydrogen-bond acceptors (Lipinski definition) is 4. The molecule has 1 fully saturated rings. The molecule has 3 heterocycles. The molecule has 6 heteroatoms. The number of nitrogens with one attached hydrogen (secondary N) is 2. The zero-order valence-corrected chi connectivity index (χ0v) is 15.8. The molecule has 1 aliphatic rings. The average molecular weight is 363 g/mol. The Bertz CT molecular complexity index is 972. The van der Waals surface area contributed by atoms with Gasteiger partial charge in [0.15, 0.2) is 0 Å². The molecule has 1 aromatic carbocycles. The van der Waals surface area contributed by atoms with Crippen molar-refractivity contribution in [1.29, 1.82) is 0 Å². The average Bonchev–Trinajstić information content (AvgIpc) is 3.02. The van der Waals surface area contributed by atoms with Crippen molar-refractivity contribution in [3.63, 3.8) is 0 Å². The predicted molar refractivity (Wildman–Crippen MR) is 107 cm³/mol. The summed E-state index contributed by atoms with van der Waals surface area (Å²) in [6.45, 7) is 8.34. The number of nitrogens with zero attached hydrogens (tertiary/aromatic N) is 3. The van der Waals surface area contributed by atoms with Gasteiger partial charge < -0.3 is 15.5 Å². The lowest BCUT2D eigenvalue weighted by Crippen LogP contribution is -2.44. The second-order valence-corrected chi connectivity index (χ2v) is 7.03. The predicted octanol–water partition coefficient (Wildman–Crippen LogP) is 2.29. The molecule has 6 nitrogen and oxygen atoms in total. The van der Waals surface area contributed by atoms with Crippen LogP contribution in [0.5, 0.6) is 0 Å². The standard InChI is InChI=1S/C21H25N5O/c1-15-7-10-26-19(13-15)24-16(2)20(26)21(27)23-14-17-5-3-4-6-18(17)25-11-8-22-9-12-25/h3-7,10,13,22H,8-9,11-12,14H2,1-2H3,(H,23,27). The number of pyridine rings is 1. The smallest absolute Gasteiger partial charge is 0.270 e. The summed E-state index contributed by atoms with van der Waals surface area (Å²) in [7, 11) is 0. The number of anilines is 1. The van der Waals surface area contributed by atoms with E-state index in [9.17, 15) is 4.79 Å². The Balaban J connectivity index is 1.54. The van der Waals surface area contributed by atoms with E-state index >= 15 is 0 Å². The summed E-state index contributed by atoms with van der Waals surface area (Å²) < 4.78 is 1.86. The summed E-state index contributed by atoms with van der Waals surface area (Å²) in [5.41, 5.74) is 5.61. The number of imidazole rings is 1. The van der Waals surface area contributed by atoms with Crippen LogP contribution in [0, 0.1) is 13.8 Å². The minimum Gasteiger partial charge on any atom is -0.369 e. The van der Waals surface area contributed by atoms with Crippen molar-refractivity contribution in [3.05, 3.63) is 65.1 Å². The Kier molecular flexibility index (Phi) is 4.81. The van der Waals surface area contributed by atoms with Crippen LogP contribution in [0.25, 0.3) is 5.65 Å². The Morgan fingerprint density at radius 1 is 1.19 bits per heavy atom. The third kappa shape index (κ3) is 3.53. The summed E-state index contributed by atoms with van der Waals surface area (Å²) in [4.78, 5) is 19.8. The molecule has 2 N–H and O–H groups in total. The van der Waals surface area contributed by atoms with E-state index in [0.29, 0.717) is 12.2 Å². The molecule has 2 aromatic heterocycles. The van der Waals surface area contributed by atoms with E-state index in [1.807, 2.05) is 42.6 Å². The lowest BCUT2D eigenvalue weighted by atomic mass is 10.1. The molecule has 0 spiro atoms. The van der Waals surface area contributed by atoms with Crippen molar-refractivity contribution in [2.45, 2.75) is 20.4 Å². The molecular formula is C21H25N5O. The van der Waals surface area contributed by atoms with E-state index < -0.39 is 0 Å². The maximum atomic E-state index is 12.9. The number of benzene rings is 1. The molecule has 140 valence electrons. The number of aromatic nitrogens is 2. The Morgan fingerprint density at radius 3 is 2.78 bits per heavy atom. The summed E-state index contributed by atoms with van der Waals surface area (Å²) in [5.74, 6) is -0.0982. The SMILES string of the molecule is Cc1ccn2c(C(=O)NCc3ccccc3N3CCNCC3)c(C)nc2c1. The van der Waals surface area contributed by atoms with E-state index in [-0.39, 0.29) is 5.91 Å². The number of para-hydroxylation sites is 1. The molecule has 4 rings (SSSR count). The molecule has 1 saturated heterocycles. The number of piperazine rings is 1. The topological polar surface area (TPSA) is 61.7 Å². The minimum atomic E-state index is -0.0982. The van der Waals surface area contributed by atoms with Gasteiger partial charge in [0, 0.05) is 44.6 Å². The van der Waals surface area contributed by atoms with Gasteiger partial charge in [-0.2, -0.15) is 0 Å². The van der Waals surface area contributed by atoms with Crippen LogP contribution in [0.3, 0.4) is 0 Å². The molecule has 0 aliphatic carbocycles. The fourth-order valence-electron chi connectivity index (χ4n) is 3.67. The van der Waals surface area contributed by atoms with Gasteiger partial charge in [-0.05, 0) is 43.2 Å². The first-order chi connectivity index (χ1) is 13.1. The van der Waals surface area contributed by atoms with E-state index in [4.69, 9.17) is 0 Å². The van der Waals surface area contributed by atoms with Crippen molar-refractivity contribution in [3.8, 4) is 0 Å². The Labute approximate surface area is 159 Å². The van der Waals surface area contributed by atoms with Crippen molar-refractivity contribution >= 4 is 17.2 Å². The summed E-state index contributed by atoms with van der Waals surface area (Å²) in [5, 5.41) is 6.47. The van der Waals surface area contributed by atoms with Crippen molar-refractivity contribution in [1.82, 2.24) is 20.0 Å². The van der Waals surface area contributed by atoms with Gasteiger partial charge in [0.1, 0.15) is 11.3 Å². The summed E-state index contributed by atoms with van der Waals surface area (Å²) in [6.07, 6.45) is 1.91. The normalized spacial score (nSPS) is 14.5.